The van der Waals surface area contributed by atoms with Gasteiger partial charge in [-0.25, -0.2) is 0 Å². The van der Waals surface area contributed by atoms with Gasteiger partial charge in [0.25, 0.3) is 5.91 Å². The van der Waals surface area contributed by atoms with Gasteiger partial charge in [-0.05, 0) is 65.1 Å². The van der Waals surface area contributed by atoms with Crippen molar-refractivity contribution in [3.05, 3.63) is 58.0 Å². The van der Waals surface area contributed by atoms with Gasteiger partial charge in [0.15, 0.2) is 10.4 Å². The van der Waals surface area contributed by atoms with Crippen molar-refractivity contribution in [3.8, 4) is 0 Å². The number of likely N-dealkylation sites (tertiary alicyclic amines) is 1. The molecule has 1 aromatic carbocycles. The monoisotopic (exact) mass is 419 g/mol. The average Bonchev–Trinajstić information content (AvgIpc) is 3.31. The molecular weight excluding hydrogens is 398 g/mol. The standard InChI is InChI=1S/C19H22BrN3O3/c20-17-8-7-16(26-17)19(25)22-12-18(24)21-11-14-3-5-15(6-4-14)13-23-9-1-2-10-23/h3-8H,1-2,9-13H2,(H,21,24)(H,22,25). The minimum atomic E-state index is -0.419. The number of nitrogens with zero attached hydrogens (tertiary/aromatic N) is 1. The van der Waals surface area contributed by atoms with Crippen LogP contribution in [0.15, 0.2) is 45.5 Å². The number of carbonyl (C=O) groups is 2. The Labute approximate surface area is 161 Å². The quantitative estimate of drug-likeness (QED) is 0.723. The van der Waals surface area contributed by atoms with Crippen LogP contribution in [-0.4, -0.2) is 36.3 Å². The summed E-state index contributed by atoms with van der Waals surface area (Å²) in [6, 6.07) is 11.4. The van der Waals surface area contributed by atoms with Crippen molar-refractivity contribution in [2.45, 2.75) is 25.9 Å². The first-order valence-electron chi connectivity index (χ1n) is 8.70. The van der Waals surface area contributed by atoms with Gasteiger partial charge in [-0.3, -0.25) is 14.5 Å². The summed E-state index contributed by atoms with van der Waals surface area (Å²) in [7, 11) is 0. The van der Waals surface area contributed by atoms with E-state index in [2.05, 4.69) is 43.6 Å². The van der Waals surface area contributed by atoms with Gasteiger partial charge < -0.3 is 15.1 Å². The Bertz CT molecular complexity index is 752. The Morgan fingerprint density at radius 1 is 1.00 bits per heavy atom. The smallest absolute Gasteiger partial charge is 0.287 e. The van der Waals surface area contributed by atoms with Gasteiger partial charge >= 0.3 is 0 Å². The molecule has 1 fully saturated rings. The number of nitrogens with one attached hydrogen (secondary N) is 2. The third-order valence-corrected chi connectivity index (χ3v) is 4.75. The molecule has 0 unspecified atom stereocenters. The van der Waals surface area contributed by atoms with Crippen LogP contribution >= 0.6 is 15.9 Å². The first kappa shape index (κ1) is 18.7. The highest BCUT2D eigenvalue weighted by molar-refractivity contribution is 9.10. The summed E-state index contributed by atoms with van der Waals surface area (Å²) < 4.78 is 5.61. The molecule has 138 valence electrons. The van der Waals surface area contributed by atoms with Crippen LogP contribution in [0.4, 0.5) is 0 Å². The van der Waals surface area contributed by atoms with Gasteiger partial charge in [0, 0.05) is 13.1 Å². The Hall–Kier alpha value is -2.12. The van der Waals surface area contributed by atoms with E-state index in [1.807, 2.05) is 12.1 Å². The highest BCUT2D eigenvalue weighted by Crippen LogP contribution is 2.14. The van der Waals surface area contributed by atoms with E-state index in [9.17, 15) is 9.59 Å². The van der Waals surface area contributed by atoms with Gasteiger partial charge in [0.1, 0.15) is 0 Å². The fraction of sp³-hybridized carbons (Fsp3) is 0.368. The maximum absolute atomic E-state index is 11.9. The molecule has 2 heterocycles. The first-order valence-corrected chi connectivity index (χ1v) is 9.50. The van der Waals surface area contributed by atoms with E-state index in [0.717, 1.165) is 12.1 Å². The van der Waals surface area contributed by atoms with Crippen molar-refractivity contribution in [1.82, 2.24) is 15.5 Å². The van der Waals surface area contributed by atoms with Gasteiger partial charge in [0.05, 0.1) is 6.54 Å². The fourth-order valence-electron chi connectivity index (χ4n) is 2.91. The lowest BCUT2D eigenvalue weighted by atomic mass is 10.1. The van der Waals surface area contributed by atoms with Crippen LogP contribution in [0.5, 0.6) is 0 Å². The molecule has 0 aliphatic carbocycles. The number of benzene rings is 1. The molecule has 2 N–H and O–H groups in total. The summed E-state index contributed by atoms with van der Waals surface area (Å²) in [5, 5.41) is 5.33. The van der Waals surface area contributed by atoms with E-state index in [4.69, 9.17) is 4.42 Å². The summed E-state index contributed by atoms with van der Waals surface area (Å²) in [4.78, 5) is 26.1. The molecule has 0 radical (unpaired) electrons. The number of amides is 2. The molecule has 2 amide bonds. The summed E-state index contributed by atoms with van der Waals surface area (Å²) in [6.07, 6.45) is 2.58. The molecule has 0 atom stereocenters. The van der Waals surface area contributed by atoms with Crippen LogP contribution in [0.1, 0.15) is 34.5 Å². The van der Waals surface area contributed by atoms with Crippen LogP contribution in [0.3, 0.4) is 0 Å². The molecule has 0 spiro atoms. The largest absolute Gasteiger partial charge is 0.444 e. The number of hydrogen-bond donors (Lipinski definition) is 2. The van der Waals surface area contributed by atoms with Crippen molar-refractivity contribution < 1.29 is 14.0 Å². The van der Waals surface area contributed by atoms with Crippen LogP contribution in [0, 0.1) is 0 Å². The summed E-state index contributed by atoms with van der Waals surface area (Å²) >= 11 is 3.13. The maximum Gasteiger partial charge on any atom is 0.287 e. The SMILES string of the molecule is O=C(CNC(=O)c1ccc(Br)o1)NCc1ccc(CN2CCCC2)cc1. The van der Waals surface area contributed by atoms with Gasteiger partial charge in [-0.15, -0.1) is 0 Å². The molecule has 7 heteroatoms. The van der Waals surface area contributed by atoms with E-state index in [1.54, 1.807) is 12.1 Å². The number of carbonyl (C=O) groups excluding carboxylic acids is 2. The number of hydrogen-bond acceptors (Lipinski definition) is 4. The Morgan fingerprint density at radius 3 is 2.35 bits per heavy atom. The molecular formula is C19H22BrN3O3. The second kappa shape index (κ2) is 9.00. The minimum absolute atomic E-state index is 0.0931. The second-order valence-corrected chi connectivity index (χ2v) is 7.14. The van der Waals surface area contributed by atoms with Crippen LogP contribution in [0.2, 0.25) is 0 Å². The lowest BCUT2D eigenvalue weighted by molar-refractivity contribution is -0.120. The first-order chi connectivity index (χ1) is 12.6. The lowest BCUT2D eigenvalue weighted by Gasteiger charge is -2.14. The molecule has 26 heavy (non-hydrogen) atoms. The molecule has 1 aliphatic rings. The van der Waals surface area contributed by atoms with E-state index < -0.39 is 5.91 Å². The van der Waals surface area contributed by atoms with Crippen LogP contribution in [0.25, 0.3) is 0 Å². The molecule has 1 aliphatic heterocycles. The number of furan rings is 1. The van der Waals surface area contributed by atoms with E-state index in [0.29, 0.717) is 11.2 Å². The molecule has 0 saturated carbocycles. The van der Waals surface area contributed by atoms with Gasteiger partial charge in [-0.1, -0.05) is 24.3 Å². The Kier molecular flexibility index (Phi) is 6.46. The van der Waals surface area contributed by atoms with Gasteiger partial charge in [-0.2, -0.15) is 0 Å². The average molecular weight is 420 g/mol. The molecule has 0 bridgehead atoms. The normalized spacial score (nSPS) is 14.3. The molecule has 3 rings (SSSR count). The van der Waals surface area contributed by atoms with Gasteiger partial charge in [0.2, 0.25) is 5.91 Å². The number of rotatable bonds is 7. The summed E-state index contributed by atoms with van der Waals surface area (Å²) in [5.41, 5.74) is 2.32. The summed E-state index contributed by atoms with van der Waals surface area (Å²) in [6.45, 7) is 3.69. The Morgan fingerprint density at radius 2 is 1.69 bits per heavy atom. The maximum atomic E-state index is 11.9. The van der Waals surface area contributed by atoms with Crippen molar-refractivity contribution in [1.29, 1.82) is 0 Å². The second-order valence-electron chi connectivity index (χ2n) is 6.36. The predicted molar refractivity (Wildman–Crippen MR) is 102 cm³/mol. The molecule has 2 aromatic rings. The topological polar surface area (TPSA) is 74.6 Å². The third kappa shape index (κ3) is 5.44. The fourth-order valence-corrected chi connectivity index (χ4v) is 3.22. The zero-order valence-electron chi connectivity index (χ0n) is 14.5. The molecule has 6 nitrogen and oxygen atoms in total. The van der Waals surface area contributed by atoms with Crippen LogP contribution in [-0.2, 0) is 17.9 Å². The minimum Gasteiger partial charge on any atom is -0.444 e. The highest BCUT2D eigenvalue weighted by Gasteiger charge is 2.12. The number of halogens is 1. The summed E-state index contributed by atoms with van der Waals surface area (Å²) in [5.74, 6) is -0.500. The highest BCUT2D eigenvalue weighted by atomic mass is 79.9. The van der Waals surface area contributed by atoms with Crippen molar-refractivity contribution in [3.63, 3.8) is 0 Å². The zero-order chi connectivity index (χ0) is 18.4. The van der Waals surface area contributed by atoms with E-state index >= 15 is 0 Å². The molecule has 1 saturated heterocycles. The van der Waals surface area contributed by atoms with Crippen molar-refractivity contribution in [2.24, 2.45) is 0 Å². The predicted octanol–water partition coefficient (Wildman–Crippen LogP) is 2.68. The third-order valence-electron chi connectivity index (χ3n) is 4.32. The van der Waals surface area contributed by atoms with E-state index in [-0.39, 0.29) is 18.2 Å². The Balaban J connectivity index is 1.39. The van der Waals surface area contributed by atoms with Crippen molar-refractivity contribution >= 4 is 27.7 Å². The van der Waals surface area contributed by atoms with E-state index in [1.165, 1.54) is 31.5 Å². The van der Waals surface area contributed by atoms with Crippen molar-refractivity contribution in [2.75, 3.05) is 19.6 Å². The van der Waals surface area contributed by atoms with Crippen LogP contribution < -0.4 is 10.6 Å². The zero-order valence-corrected chi connectivity index (χ0v) is 16.0. The lowest BCUT2D eigenvalue weighted by Crippen LogP contribution is -2.36. The molecule has 1 aromatic heterocycles.